The quantitative estimate of drug-likeness (QED) is 0.553. The highest BCUT2D eigenvalue weighted by Crippen LogP contribution is 2.68. The molecule has 4 aliphatic rings. The second-order valence-corrected chi connectivity index (χ2v) is 12.7. The zero-order chi connectivity index (χ0) is 21.0. The van der Waals surface area contributed by atoms with E-state index in [0.29, 0.717) is 23.7 Å². The molecule has 0 aromatic heterocycles. The summed E-state index contributed by atoms with van der Waals surface area (Å²) in [7, 11) is 0. The van der Waals surface area contributed by atoms with Crippen molar-refractivity contribution in [2.24, 2.45) is 52.3 Å². The highest BCUT2D eigenvalue weighted by molar-refractivity contribution is 5.11. The van der Waals surface area contributed by atoms with E-state index in [1.807, 2.05) is 0 Å². The van der Waals surface area contributed by atoms with Gasteiger partial charge < -0.3 is 10.2 Å². The Hall–Kier alpha value is -0.0800. The lowest BCUT2D eigenvalue weighted by atomic mass is 9.43. The number of rotatable bonds is 5. The molecule has 0 bridgehead atoms. The molecule has 10 atom stereocenters. The molecule has 29 heavy (non-hydrogen) atoms. The minimum absolute atomic E-state index is 0.0461. The van der Waals surface area contributed by atoms with E-state index in [1.165, 1.54) is 57.8 Å². The zero-order valence-corrected chi connectivity index (χ0v) is 19.9. The molecule has 0 saturated heterocycles. The molecule has 0 spiro atoms. The summed E-state index contributed by atoms with van der Waals surface area (Å²) >= 11 is 0. The van der Waals surface area contributed by atoms with E-state index in [2.05, 4.69) is 34.6 Å². The maximum atomic E-state index is 11.1. The summed E-state index contributed by atoms with van der Waals surface area (Å²) in [6, 6.07) is 0. The van der Waals surface area contributed by atoms with Gasteiger partial charge in [-0.1, -0.05) is 53.9 Å². The number of hydrogen-bond donors (Lipinski definition) is 2. The largest absolute Gasteiger partial charge is 0.393 e. The van der Waals surface area contributed by atoms with Crippen LogP contribution in [0.2, 0.25) is 0 Å². The van der Waals surface area contributed by atoms with E-state index in [-0.39, 0.29) is 17.6 Å². The van der Waals surface area contributed by atoms with Crippen LogP contribution in [-0.4, -0.2) is 22.4 Å². The van der Waals surface area contributed by atoms with Crippen LogP contribution in [0.25, 0.3) is 0 Å². The molecular weight excluding hydrogens is 356 g/mol. The van der Waals surface area contributed by atoms with Gasteiger partial charge in [-0.25, -0.2) is 0 Å². The molecule has 2 N–H and O–H groups in total. The molecule has 0 amide bonds. The Kier molecular flexibility index (Phi) is 6.19. The first-order chi connectivity index (χ1) is 13.7. The standard InChI is InChI=1S/C27H48O2/c1-17(2)7-6-8-18(3)22-11-12-23-21-10-9-19-15-20(28)16-25(29)27(19,5)24(21)13-14-26(22,23)4/h17-25,28-29H,6-16H2,1-5H3/t18-,19?,20-,21+,22-,23+,24+,25?,26-,27+/m1/s1. The van der Waals surface area contributed by atoms with Gasteiger partial charge in [-0.15, -0.1) is 0 Å². The highest BCUT2D eigenvalue weighted by atomic mass is 16.3. The average molecular weight is 405 g/mol. The number of hydrogen-bond acceptors (Lipinski definition) is 2. The molecule has 2 nitrogen and oxygen atoms in total. The van der Waals surface area contributed by atoms with Gasteiger partial charge in [-0.2, -0.15) is 0 Å². The summed E-state index contributed by atoms with van der Waals surface area (Å²) < 4.78 is 0. The van der Waals surface area contributed by atoms with Crippen molar-refractivity contribution in [1.29, 1.82) is 0 Å². The number of aliphatic hydroxyl groups is 2. The second-order valence-electron chi connectivity index (χ2n) is 12.7. The molecule has 0 aromatic rings. The van der Waals surface area contributed by atoms with E-state index >= 15 is 0 Å². The summed E-state index contributed by atoms with van der Waals surface area (Å²) in [5, 5.41) is 21.4. The lowest BCUT2D eigenvalue weighted by Crippen LogP contribution is -2.59. The van der Waals surface area contributed by atoms with E-state index in [9.17, 15) is 10.2 Å². The predicted octanol–water partition coefficient (Wildman–Crippen LogP) is 6.44. The Labute approximate surface area is 180 Å². The second kappa shape index (κ2) is 8.12. The summed E-state index contributed by atoms with van der Waals surface area (Å²) in [6.45, 7) is 12.3. The smallest absolute Gasteiger partial charge is 0.0623 e. The van der Waals surface area contributed by atoms with Crippen LogP contribution in [0.3, 0.4) is 0 Å². The maximum absolute atomic E-state index is 11.1. The molecule has 0 aliphatic heterocycles. The zero-order valence-electron chi connectivity index (χ0n) is 19.9. The first-order valence-electron chi connectivity index (χ1n) is 13.0. The van der Waals surface area contributed by atoms with Gasteiger partial charge in [0.2, 0.25) is 0 Å². The predicted molar refractivity (Wildman–Crippen MR) is 120 cm³/mol. The summed E-state index contributed by atoms with van der Waals surface area (Å²) in [6.07, 6.45) is 13.3. The van der Waals surface area contributed by atoms with Gasteiger partial charge in [0.25, 0.3) is 0 Å². The number of aliphatic hydroxyl groups excluding tert-OH is 2. The van der Waals surface area contributed by atoms with Crippen molar-refractivity contribution >= 4 is 0 Å². The molecule has 0 radical (unpaired) electrons. The molecule has 2 unspecified atom stereocenters. The van der Waals surface area contributed by atoms with Crippen LogP contribution in [0, 0.1) is 52.3 Å². The molecule has 0 heterocycles. The molecule has 2 heteroatoms. The molecule has 4 rings (SSSR count). The van der Waals surface area contributed by atoms with E-state index in [1.54, 1.807) is 0 Å². The lowest BCUT2D eigenvalue weighted by molar-refractivity contribution is -0.182. The van der Waals surface area contributed by atoms with Gasteiger partial charge in [0, 0.05) is 0 Å². The molecule has 4 aliphatic carbocycles. The molecule has 168 valence electrons. The van der Waals surface area contributed by atoms with Gasteiger partial charge in [0.15, 0.2) is 0 Å². The van der Waals surface area contributed by atoms with Gasteiger partial charge in [-0.05, 0) is 104 Å². The SMILES string of the molecule is CC(C)CCC[C@@H](C)[C@H]1CC[C@H]2[C@@H]3CCC4C[C@@H](O)CC(O)[C@]4(C)[C@H]3CC[C@]12C. The van der Waals surface area contributed by atoms with Crippen molar-refractivity contribution in [3.63, 3.8) is 0 Å². The van der Waals surface area contributed by atoms with E-state index in [4.69, 9.17) is 0 Å². The molecule has 4 fully saturated rings. The summed E-state index contributed by atoms with van der Waals surface area (Å²) in [4.78, 5) is 0. The van der Waals surface area contributed by atoms with Crippen LogP contribution < -0.4 is 0 Å². The lowest BCUT2D eigenvalue weighted by Gasteiger charge is -2.62. The Bertz CT molecular complexity index is 573. The van der Waals surface area contributed by atoms with Crippen LogP contribution in [-0.2, 0) is 0 Å². The molecule has 0 aromatic carbocycles. The van der Waals surface area contributed by atoms with Crippen LogP contribution in [0.15, 0.2) is 0 Å². The fourth-order valence-corrected chi connectivity index (χ4v) is 9.32. The minimum Gasteiger partial charge on any atom is -0.393 e. The van der Waals surface area contributed by atoms with Crippen LogP contribution in [0.4, 0.5) is 0 Å². The van der Waals surface area contributed by atoms with Crippen molar-refractivity contribution in [2.45, 2.75) is 117 Å². The fraction of sp³-hybridized carbons (Fsp3) is 1.00. The van der Waals surface area contributed by atoms with Crippen LogP contribution >= 0.6 is 0 Å². The minimum atomic E-state index is -0.305. The third-order valence-electron chi connectivity index (χ3n) is 10.9. The monoisotopic (exact) mass is 404 g/mol. The third kappa shape index (κ3) is 3.63. The Morgan fingerprint density at radius 2 is 1.62 bits per heavy atom. The Balaban J connectivity index is 1.49. The van der Waals surface area contributed by atoms with Crippen LogP contribution in [0.1, 0.15) is 105 Å². The summed E-state index contributed by atoms with van der Waals surface area (Å²) in [5.41, 5.74) is 0.575. The van der Waals surface area contributed by atoms with Crippen molar-refractivity contribution in [3.8, 4) is 0 Å². The van der Waals surface area contributed by atoms with E-state index < -0.39 is 0 Å². The van der Waals surface area contributed by atoms with Crippen LogP contribution in [0.5, 0.6) is 0 Å². The molecule has 4 saturated carbocycles. The van der Waals surface area contributed by atoms with Gasteiger partial charge >= 0.3 is 0 Å². The fourth-order valence-electron chi connectivity index (χ4n) is 9.32. The molecular formula is C27H48O2. The third-order valence-corrected chi connectivity index (χ3v) is 10.9. The Morgan fingerprint density at radius 3 is 2.34 bits per heavy atom. The maximum Gasteiger partial charge on any atom is 0.0623 e. The van der Waals surface area contributed by atoms with Crippen molar-refractivity contribution in [2.75, 3.05) is 0 Å². The Morgan fingerprint density at radius 1 is 0.862 bits per heavy atom. The highest BCUT2D eigenvalue weighted by Gasteiger charge is 2.62. The normalized spacial score (nSPS) is 50.7. The number of fused-ring (bicyclic) bond motifs is 5. The van der Waals surface area contributed by atoms with E-state index in [0.717, 1.165) is 36.0 Å². The summed E-state index contributed by atoms with van der Waals surface area (Å²) in [5.74, 6) is 5.49. The first kappa shape index (κ1) is 22.1. The van der Waals surface area contributed by atoms with Crippen molar-refractivity contribution in [3.05, 3.63) is 0 Å². The average Bonchev–Trinajstić information content (AvgIpc) is 3.00. The van der Waals surface area contributed by atoms with Crippen molar-refractivity contribution in [1.82, 2.24) is 0 Å². The van der Waals surface area contributed by atoms with Crippen molar-refractivity contribution < 1.29 is 10.2 Å². The van der Waals surface area contributed by atoms with Gasteiger partial charge in [0.05, 0.1) is 12.2 Å². The first-order valence-corrected chi connectivity index (χ1v) is 13.0. The van der Waals surface area contributed by atoms with Gasteiger partial charge in [-0.3, -0.25) is 0 Å². The topological polar surface area (TPSA) is 40.5 Å². The van der Waals surface area contributed by atoms with Gasteiger partial charge in [0.1, 0.15) is 0 Å².